The minimum absolute atomic E-state index is 0.286. The average Bonchev–Trinajstić information content (AvgIpc) is 2.64. The Hall–Kier alpha value is -2.54. The number of amides is 1. The molecule has 0 spiro atoms. The van der Waals surface area contributed by atoms with Crippen LogP contribution < -0.4 is 14.4 Å². The Morgan fingerprint density at radius 3 is 2.24 bits per heavy atom. The molecule has 0 aliphatic carbocycles. The maximum absolute atomic E-state index is 12.8. The highest BCUT2D eigenvalue weighted by Crippen LogP contribution is 2.23. The fraction of sp³-hybridized carbons (Fsp3) is 0.409. The number of anilines is 1. The minimum Gasteiger partial charge on any atom is -0.491 e. The number of nitrogens with one attached hydrogen (secondary N) is 1. The molecule has 0 aromatic heterocycles. The number of carbonyl (C=O) groups is 1. The molecule has 0 aliphatic heterocycles. The highest BCUT2D eigenvalue weighted by molar-refractivity contribution is 7.92. The van der Waals surface area contributed by atoms with E-state index in [1.54, 1.807) is 19.1 Å². The number of benzene rings is 2. The second-order valence-corrected chi connectivity index (χ2v) is 9.09. The van der Waals surface area contributed by atoms with Crippen molar-refractivity contribution in [3.8, 4) is 5.75 Å². The maximum Gasteiger partial charge on any atom is 0.244 e. The van der Waals surface area contributed by atoms with E-state index in [1.165, 1.54) is 4.31 Å². The highest BCUT2D eigenvalue weighted by atomic mass is 32.2. The van der Waals surface area contributed by atoms with Crippen LogP contribution in [0.2, 0.25) is 0 Å². The number of aryl methyl sites for hydroxylation is 3. The Kier molecular flexibility index (Phi) is 7.67. The van der Waals surface area contributed by atoms with Crippen LogP contribution in [0.3, 0.4) is 0 Å². The first-order valence-electron chi connectivity index (χ1n) is 9.67. The van der Waals surface area contributed by atoms with Gasteiger partial charge in [0.05, 0.1) is 18.5 Å². The molecule has 0 saturated heterocycles. The van der Waals surface area contributed by atoms with E-state index < -0.39 is 16.1 Å². The molecule has 0 aliphatic rings. The van der Waals surface area contributed by atoms with E-state index >= 15 is 0 Å². The van der Waals surface area contributed by atoms with Gasteiger partial charge in [0.15, 0.2) is 0 Å². The molecule has 1 amide bonds. The monoisotopic (exact) mass is 418 g/mol. The number of hydrogen-bond donors (Lipinski definition) is 1. The lowest BCUT2D eigenvalue weighted by Gasteiger charge is -2.30. The normalized spacial score (nSPS) is 12.3. The number of ether oxygens (including phenoxy) is 1. The number of hydrogen-bond acceptors (Lipinski definition) is 4. The third-order valence-electron chi connectivity index (χ3n) is 4.61. The summed E-state index contributed by atoms with van der Waals surface area (Å²) >= 11 is 0. The fourth-order valence-electron chi connectivity index (χ4n) is 3.17. The molecule has 2 rings (SSSR count). The van der Waals surface area contributed by atoms with Crippen molar-refractivity contribution in [3.05, 3.63) is 59.2 Å². The molecule has 0 saturated carbocycles. The predicted octanol–water partition coefficient (Wildman–Crippen LogP) is 3.35. The van der Waals surface area contributed by atoms with Gasteiger partial charge in [-0.3, -0.25) is 9.10 Å². The SMILES string of the molecule is CCC(C(=O)NCCOc1ccc(C)cc1C)N(c1ccc(C)cc1)S(C)(=O)=O. The van der Waals surface area contributed by atoms with Gasteiger partial charge in [0.2, 0.25) is 15.9 Å². The van der Waals surface area contributed by atoms with Crippen LogP contribution in [0.4, 0.5) is 5.69 Å². The van der Waals surface area contributed by atoms with Gasteiger partial charge in [-0.2, -0.15) is 0 Å². The number of carbonyl (C=O) groups excluding carboxylic acids is 1. The third kappa shape index (κ3) is 6.22. The van der Waals surface area contributed by atoms with Crippen molar-refractivity contribution in [1.82, 2.24) is 5.32 Å². The van der Waals surface area contributed by atoms with Gasteiger partial charge in [-0.05, 0) is 51.0 Å². The van der Waals surface area contributed by atoms with E-state index in [9.17, 15) is 13.2 Å². The summed E-state index contributed by atoms with van der Waals surface area (Å²) in [7, 11) is -3.63. The van der Waals surface area contributed by atoms with Crippen LogP contribution >= 0.6 is 0 Å². The minimum atomic E-state index is -3.63. The van der Waals surface area contributed by atoms with Gasteiger partial charge >= 0.3 is 0 Å². The molecule has 7 heteroatoms. The fourth-order valence-corrected chi connectivity index (χ4v) is 4.38. The van der Waals surface area contributed by atoms with E-state index in [2.05, 4.69) is 5.32 Å². The standard InChI is InChI=1S/C22H30N2O4S/c1-6-20(24(29(5,26)27)19-10-7-16(2)8-11-19)22(25)23-13-14-28-21-12-9-17(3)15-18(21)4/h7-12,15,20H,6,13-14H2,1-5H3,(H,23,25). The topological polar surface area (TPSA) is 75.7 Å². The Morgan fingerprint density at radius 1 is 1.07 bits per heavy atom. The summed E-state index contributed by atoms with van der Waals surface area (Å²) < 4.78 is 31.8. The number of rotatable bonds is 9. The molecule has 2 aromatic rings. The van der Waals surface area contributed by atoms with Crippen LogP contribution in [0.15, 0.2) is 42.5 Å². The zero-order valence-electron chi connectivity index (χ0n) is 17.7. The lowest BCUT2D eigenvalue weighted by Crippen LogP contribution is -2.50. The molecule has 6 nitrogen and oxygen atoms in total. The second-order valence-electron chi connectivity index (χ2n) is 7.23. The first kappa shape index (κ1) is 22.7. The van der Waals surface area contributed by atoms with Crippen LogP contribution in [-0.2, 0) is 14.8 Å². The first-order chi connectivity index (χ1) is 13.6. The molecule has 0 fully saturated rings. The Bertz CT molecular complexity index is 940. The first-order valence-corrected chi connectivity index (χ1v) is 11.5. The van der Waals surface area contributed by atoms with Gasteiger partial charge in [-0.25, -0.2) is 8.42 Å². The van der Waals surface area contributed by atoms with Gasteiger partial charge in [-0.1, -0.05) is 42.3 Å². The zero-order chi connectivity index (χ0) is 21.6. The molecule has 29 heavy (non-hydrogen) atoms. The quantitative estimate of drug-likeness (QED) is 0.634. The Labute approximate surface area is 173 Å². The highest BCUT2D eigenvalue weighted by Gasteiger charge is 2.31. The van der Waals surface area contributed by atoms with Crippen molar-refractivity contribution in [1.29, 1.82) is 0 Å². The van der Waals surface area contributed by atoms with E-state index in [0.717, 1.165) is 28.7 Å². The lowest BCUT2D eigenvalue weighted by atomic mass is 10.1. The number of sulfonamides is 1. The molecule has 1 N–H and O–H groups in total. The van der Waals surface area contributed by atoms with Crippen molar-refractivity contribution in [2.45, 2.75) is 40.2 Å². The van der Waals surface area contributed by atoms with Crippen molar-refractivity contribution >= 4 is 21.6 Å². The summed E-state index contributed by atoms with van der Waals surface area (Å²) in [6, 6.07) is 12.2. The molecule has 2 aromatic carbocycles. The van der Waals surface area contributed by atoms with E-state index in [-0.39, 0.29) is 12.5 Å². The Balaban J connectivity index is 2.04. The maximum atomic E-state index is 12.8. The van der Waals surface area contributed by atoms with Crippen molar-refractivity contribution < 1.29 is 17.9 Å². The Morgan fingerprint density at radius 2 is 1.69 bits per heavy atom. The molecule has 1 atom stereocenters. The summed E-state index contributed by atoms with van der Waals surface area (Å²) in [5.74, 6) is 0.428. The summed E-state index contributed by atoms with van der Waals surface area (Å²) in [5, 5.41) is 2.80. The molecule has 1 unspecified atom stereocenters. The molecular formula is C22H30N2O4S. The van der Waals surface area contributed by atoms with Crippen LogP contribution in [0.5, 0.6) is 5.75 Å². The van der Waals surface area contributed by atoms with Crippen LogP contribution in [0.1, 0.15) is 30.0 Å². The van der Waals surface area contributed by atoms with E-state index in [0.29, 0.717) is 18.7 Å². The smallest absolute Gasteiger partial charge is 0.244 e. The molecule has 0 heterocycles. The van der Waals surface area contributed by atoms with Gasteiger partial charge in [-0.15, -0.1) is 0 Å². The second kappa shape index (κ2) is 9.78. The van der Waals surface area contributed by atoms with Crippen molar-refractivity contribution in [2.24, 2.45) is 0 Å². The lowest BCUT2D eigenvalue weighted by molar-refractivity contribution is -0.122. The summed E-state index contributed by atoms with van der Waals surface area (Å²) in [5.41, 5.74) is 3.69. The van der Waals surface area contributed by atoms with Gasteiger partial charge < -0.3 is 10.1 Å². The average molecular weight is 419 g/mol. The third-order valence-corrected chi connectivity index (χ3v) is 5.79. The van der Waals surface area contributed by atoms with Gasteiger partial charge in [0.1, 0.15) is 18.4 Å². The molecular weight excluding hydrogens is 388 g/mol. The van der Waals surface area contributed by atoms with Crippen LogP contribution in [0, 0.1) is 20.8 Å². The molecule has 158 valence electrons. The molecule has 0 radical (unpaired) electrons. The van der Waals surface area contributed by atoms with Crippen LogP contribution in [-0.4, -0.2) is 39.8 Å². The largest absolute Gasteiger partial charge is 0.491 e. The van der Waals surface area contributed by atoms with Crippen molar-refractivity contribution in [2.75, 3.05) is 23.7 Å². The van der Waals surface area contributed by atoms with E-state index in [1.807, 2.05) is 51.1 Å². The number of nitrogens with zero attached hydrogens (tertiary/aromatic N) is 1. The van der Waals surface area contributed by atoms with Crippen LogP contribution in [0.25, 0.3) is 0 Å². The summed E-state index contributed by atoms with van der Waals surface area (Å²) in [6.07, 6.45) is 1.47. The zero-order valence-corrected chi connectivity index (χ0v) is 18.5. The summed E-state index contributed by atoms with van der Waals surface area (Å²) in [6.45, 7) is 8.30. The van der Waals surface area contributed by atoms with Gasteiger partial charge in [0.25, 0.3) is 0 Å². The van der Waals surface area contributed by atoms with E-state index in [4.69, 9.17) is 4.74 Å². The van der Waals surface area contributed by atoms with Gasteiger partial charge in [0, 0.05) is 0 Å². The summed E-state index contributed by atoms with van der Waals surface area (Å²) in [4.78, 5) is 12.8. The van der Waals surface area contributed by atoms with Crippen molar-refractivity contribution in [3.63, 3.8) is 0 Å². The predicted molar refractivity (Wildman–Crippen MR) is 117 cm³/mol. The molecule has 0 bridgehead atoms.